The van der Waals surface area contributed by atoms with Gasteiger partial charge in [-0.05, 0) is 61.6 Å². The summed E-state index contributed by atoms with van der Waals surface area (Å²) in [6.07, 6.45) is 4.36. The van der Waals surface area contributed by atoms with E-state index in [1.165, 1.54) is 11.1 Å². The van der Waals surface area contributed by atoms with Crippen LogP contribution in [0.5, 0.6) is 5.75 Å². The highest BCUT2D eigenvalue weighted by atomic mass is 16.5. The van der Waals surface area contributed by atoms with Crippen molar-refractivity contribution in [3.05, 3.63) is 59.7 Å². The minimum atomic E-state index is 0.220. The molecule has 2 aromatic carbocycles. The van der Waals surface area contributed by atoms with Gasteiger partial charge in [-0.1, -0.05) is 30.3 Å². The summed E-state index contributed by atoms with van der Waals surface area (Å²) in [4.78, 5) is 17.4. The van der Waals surface area contributed by atoms with Crippen LogP contribution in [0.4, 0.5) is 5.69 Å². The summed E-state index contributed by atoms with van der Waals surface area (Å²) in [6.45, 7) is 2.31. The second-order valence-corrected chi connectivity index (χ2v) is 7.18. The zero-order valence-corrected chi connectivity index (χ0v) is 15.4. The number of rotatable bonds is 4. The number of hydrogen-bond donors (Lipinski definition) is 0. The first kappa shape index (κ1) is 17.1. The number of anilines is 1. The monoisotopic (exact) mass is 350 g/mol. The van der Waals surface area contributed by atoms with Crippen LogP contribution < -0.4 is 9.64 Å². The van der Waals surface area contributed by atoms with Crippen LogP contribution in [-0.4, -0.2) is 37.6 Å². The lowest BCUT2D eigenvalue weighted by molar-refractivity contribution is -0.120. The number of aryl methyl sites for hydroxylation is 1. The Hall–Kier alpha value is -2.33. The van der Waals surface area contributed by atoms with E-state index in [2.05, 4.69) is 35.2 Å². The molecule has 0 aromatic heterocycles. The number of carbonyl (C=O) groups excluding carboxylic acids is 1. The molecule has 2 aliphatic heterocycles. The molecule has 0 spiro atoms. The first-order valence-corrected chi connectivity index (χ1v) is 9.52. The summed E-state index contributed by atoms with van der Waals surface area (Å²) in [6, 6.07) is 16.9. The van der Waals surface area contributed by atoms with E-state index in [0.29, 0.717) is 12.6 Å². The first-order valence-electron chi connectivity index (χ1n) is 9.52. The Morgan fingerprint density at radius 1 is 1.08 bits per heavy atom. The van der Waals surface area contributed by atoms with Gasteiger partial charge in [0.05, 0.1) is 13.7 Å². The summed E-state index contributed by atoms with van der Waals surface area (Å²) in [5, 5.41) is 0. The number of likely N-dealkylation sites (tertiary alicyclic amines) is 1. The van der Waals surface area contributed by atoms with Crippen LogP contribution in [0.2, 0.25) is 0 Å². The van der Waals surface area contributed by atoms with Crippen molar-refractivity contribution < 1.29 is 9.53 Å². The maximum Gasteiger partial charge on any atom is 0.241 e. The van der Waals surface area contributed by atoms with Crippen molar-refractivity contribution in [2.75, 3.05) is 31.6 Å². The predicted molar refractivity (Wildman–Crippen MR) is 104 cm³/mol. The number of benzene rings is 2. The van der Waals surface area contributed by atoms with E-state index >= 15 is 0 Å². The molecule has 2 aromatic rings. The summed E-state index contributed by atoms with van der Waals surface area (Å²) in [7, 11) is 1.69. The van der Waals surface area contributed by atoms with Crippen LogP contribution in [0.25, 0.3) is 0 Å². The Balaban J connectivity index is 1.48. The minimum Gasteiger partial charge on any atom is -0.497 e. The van der Waals surface area contributed by atoms with Crippen molar-refractivity contribution in [1.29, 1.82) is 0 Å². The molecule has 4 heteroatoms. The highest BCUT2D eigenvalue weighted by molar-refractivity contribution is 5.96. The Bertz CT molecular complexity index is 772. The third-order valence-corrected chi connectivity index (χ3v) is 5.61. The Morgan fingerprint density at radius 2 is 1.88 bits per heavy atom. The number of amides is 1. The number of nitrogens with zero attached hydrogens (tertiary/aromatic N) is 2. The van der Waals surface area contributed by atoms with E-state index in [-0.39, 0.29) is 5.91 Å². The Labute approximate surface area is 155 Å². The van der Waals surface area contributed by atoms with Gasteiger partial charge in [-0.15, -0.1) is 0 Å². The summed E-state index contributed by atoms with van der Waals surface area (Å²) in [5.41, 5.74) is 3.67. The van der Waals surface area contributed by atoms with Crippen molar-refractivity contribution in [2.24, 2.45) is 0 Å². The van der Waals surface area contributed by atoms with Gasteiger partial charge < -0.3 is 9.64 Å². The molecule has 0 bridgehead atoms. The SMILES string of the molecule is COc1ccc(C2CCCN2CC(=O)N2CCCc3ccccc32)cc1. The second kappa shape index (κ2) is 7.50. The van der Waals surface area contributed by atoms with E-state index in [1.54, 1.807) is 7.11 Å². The molecule has 26 heavy (non-hydrogen) atoms. The lowest BCUT2D eigenvalue weighted by Crippen LogP contribution is -2.42. The zero-order chi connectivity index (χ0) is 17.9. The fourth-order valence-electron chi connectivity index (χ4n) is 4.27. The zero-order valence-electron chi connectivity index (χ0n) is 15.4. The molecule has 1 amide bonds. The lowest BCUT2D eigenvalue weighted by Gasteiger charge is -2.32. The minimum absolute atomic E-state index is 0.220. The fraction of sp³-hybridized carbons (Fsp3) is 0.409. The van der Waals surface area contributed by atoms with E-state index in [4.69, 9.17) is 4.74 Å². The van der Waals surface area contributed by atoms with Crippen LogP contribution in [0.1, 0.15) is 36.4 Å². The topological polar surface area (TPSA) is 32.8 Å². The molecule has 0 saturated carbocycles. The summed E-state index contributed by atoms with van der Waals surface area (Å²) < 4.78 is 5.26. The number of carbonyl (C=O) groups is 1. The van der Waals surface area contributed by atoms with E-state index in [9.17, 15) is 4.79 Å². The van der Waals surface area contributed by atoms with Gasteiger partial charge >= 0.3 is 0 Å². The molecule has 136 valence electrons. The van der Waals surface area contributed by atoms with Gasteiger partial charge in [-0.3, -0.25) is 9.69 Å². The lowest BCUT2D eigenvalue weighted by atomic mass is 10.0. The molecule has 4 rings (SSSR count). The average Bonchev–Trinajstić information content (AvgIpc) is 3.15. The molecule has 1 unspecified atom stereocenters. The van der Waals surface area contributed by atoms with Crippen LogP contribution in [-0.2, 0) is 11.2 Å². The molecule has 2 heterocycles. The predicted octanol–water partition coefficient (Wildman–Crippen LogP) is 3.81. The van der Waals surface area contributed by atoms with Crippen molar-refractivity contribution in [3.63, 3.8) is 0 Å². The molecular formula is C22H26N2O2. The van der Waals surface area contributed by atoms with Crippen LogP contribution in [0, 0.1) is 0 Å². The number of para-hydroxylation sites is 1. The molecule has 2 aliphatic rings. The van der Waals surface area contributed by atoms with E-state index in [0.717, 1.165) is 50.2 Å². The molecule has 1 atom stereocenters. The van der Waals surface area contributed by atoms with Crippen molar-refractivity contribution in [2.45, 2.75) is 31.7 Å². The molecular weight excluding hydrogens is 324 g/mol. The highest BCUT2D eigenvalue weighted by Crippen LogP contribution is 2.33. The van der Waals surface area contributed by atoms with Gasteiger partial charge in [-0.2, -0.15) is 0 Å². The van der Waals surface area contributed by atoms with Crippen molar-refractivity contribution in [3.8, 4) is 5.75 Å². The average molecular weight is 350 g/mol. The van der Waals surface area contributed by atoms with Gasteiger partial charge in [0.25, 0.3) is 0 Å². The van der Waals surface area contributed by atoms with Crippen LogP contribution >= 0.6 is 0 Å². The summed E-state index contributed by atoms with van der Waals surface area (Å²) >= 11 is 0. The maximum absolute atomic E-state index is 13.1. The van der Waals surface area contributed by atoms with Gasteiger partial charge in [0.1, 0.15) is 5.75 Å². The van der Waals surface area contributed by atoms with Gasteiger partial charge in [-0.25, -0.2) is 0 Å². The molecule has 0 aliphatic carbocycles. The second-order valence-electron chi connectivity index (χ2n) is 7.18. The number of ether oxygens (including phenoxy) is 1. The van der Waals surface area contributed by atoms with E-state index in [1.807, 2.05) is 23.1 Å². The first-order chi connectivity index (χ1) is 12.8. The van der Waals surface area contributed by atoms with E-state index < -0.39 is 0 Å². The summed E-state index contributed by atoms with van der Waals surface area (Å²) in [5.74, 6) is 1.09. The van der Waals surface area contributed by atoms with Crippen LogP contribution in [0.3, 0.4) is 0 Å². The number of methoxy groups -OCH3 is 1. The Morgan fingerprint density at radius 3 is 2.69 bits per heavy atom. The standard InChI is InChI=1S/C22H26N2O2/c1-26-19-12-10-18(11-13-19)20-9-5-14-23(20)16-22(25)24-15-4-7-17-6-2-3-8-21(17)24/h2-3,6,8,10-13,20H,4-5,7,9,14-16H2,1H3. The quantitative estimate of drug-likeness (QED) is 0.840. The molecule has 1 saturated heterocycles. The number of hydrogen-bond acceptors (Lipinski definition) is 3. The van der Waals surface area contributed by atoms with Gasteiger partial charge in [0, 0.05) is 18.3 Å². The third kappa shape index (κ3) is 3.34. The molecule has 1 fully saturated rings. The smallest absolute Gasteiger partial charge is 0.241 e. The highest BCUT2D eigenvalue weighted by Gasteiger charge is 2.30. The van der Waals surface area contributed by atoms with Gasteiger partial charge in [0.15, 0.2) is 0 Å². The molecule has 4 nitrogen and oxygen atoms in total. The van der Waals surface area contributed by atoms with Crippen molar-refractivity contribution >= 4 is 11.6 Å². The largest absolute Gasteiger partial charge is 0.497 e. The Kier molecular flexibility index (Phi) is 4.93. The number of fused-ring (bicyclic) bond motifs is 1. The van der Waals surface area contributed by atoms with Crippen molar-refractivity contribution in [1.82, 2.24) is 4.90 Å². The molecule has 0 radical (unpaired) electrons. The normalized spacial score (nSPS) is 20.0. The maximum atomic E-state index is 13.1. The fourth-order valence-corrected chi connectivity index (χ4v) is 4.27. The van der Waals surface area contributed by atoms with Crippen LogP contribution in [0.15, 0.2) is 48.5 Å². The third-order valence-electron chi connectivity index (χ3n) is 5.61. The molecule has 0 N–H and O–H groups in total. The van der Waals surface area contributed by atoms with Gasteiger partial charge in [0.2, 0.25) is 5.91 Å².